The number of hydrogen-bond acceptors (Lipinski definition) is 3. The first-order valence-corrected chi connectivity index (χ1v) is 11.7. The average molecular weight is 391 g/mol. The standard InChI is InChI=1S/C24H30N2OSi/c1-24(2,3)28(22-11-7-5-8-12-22,23-13-9-6-10-14-23)27-19-21-17-20(18-25-4)15-16-26-21/h5-17,25H,18-19H2,1-4H3. The molecule has 0 amide bonds. The molecule has 1 aromatic heterocycles. The third kappa shape index (κ3) is 4.25. The number of benzene rings is 2. The molecule has 0 aliphatic rings. The molecule has 0 aliphatic carbocycles. The maximum absolute atomic E-state index is 6.94. The molecular formula is C24H30N2OSi. The Balaban J connectivity index is 2.05. The summed E-state index contributed by atoms with van der Waals surface area (Å²) in [5, 5.41) is 5.75. The van der Waals surface area contributed by atoms with Crippen LogP contribution in [-0.4, -0.2) is 20.3 Å². The van der Waals surface area contributed by atoms with E-state index in [0.717, 1.165) is 12.2 Å². The molecule has 2 aromatic carbocycles. The van der Waals surface area contributed by atoms with Gasteiger partial charge in [-0.15, -0.1) is 0 Å². The molecule has 0 saturated carbocycles. The van der Waals surface area contributed by atoms with Crippen molar-refractivity contribution in [1.82, 2.24) is 10.3 Å². The quantitative estimate of drug-likeness (QED) is 0.622. The maximum atomic E-state index is 6.94. The molecule has 1 heterocycles. The van der Waals surface area contributed by atoms with Gasteiger partial charge in [0, 0.05) is 12.7 Å². The van der Waals surface area contributed by atoms with Gasteiger partial charge in [0.1, 0.15) is 0 Å². The van der Waals surface area contributed by atoms with Crippen LogP contribution in [0.15, 0.2) is 79.0 Å². The summed E-state index contributed by atoms with van der Waals surface area (Å²) in [5.74, 6) is 0. The van der Waals surface area contributed by atoms with Crippen LogP contribution in [-0.2, 0) is 17.6 Å². The van der Waals surface area contributed by atoms with E-state index in [4.69, 9.17) is 4.43 Å². The molecule has 3 aromatic rings. The molecule has 0 spiro atoms. The van der Waals surface area contributed by atoms with E-state index in [1.165, 1.54) is 15.9 Å². The first kappa shape index (κ1) is 20.5. The molecule has 0 bridgehead atoms. The number of pyridine rings is 1. The van der Waals surface area contributed by atoms with Crippen LogP contribution in [0.3, 0.4) is 0 Å². The van der Waals surface area contributed by atoms with Crippen molar-refractivity contribution in [2.24, 2.45) is 0 Å². The lowest BCUT2D eigenvalue weighted by molar-refractivity contribution is 0.281. The van der Waals surface area contributed by atoms with Crippen molar-refractivity contribution >= 4 is 18.7 Å². The normalized spacial score (nSPS) is 12.1. The van der Waals surface area contributed by atoms with Crippen LogP contribution in [0.4, 0.5) is 0 Å². The lowest BCUT2D eigenvalue weighted by atomic mass is 10.2. The molecule has 0 unspecified atom stereocenters. The van der Waals surface area contributed by atoms with Crippen molar-refractivity contribution in [3.63, 3.8) is 0 Å². The Bertz CT molecular complexity index is 836. The SMILES string of the molecule is CNCc1ccnc(CO[Si](c2ccccc2)(c2ccccc2)C(C)(C)C)c1. The second-order valence-corrected chi connectivity index (χ2v) is 12.4. The van der Waals surface area contributed by atoms with Crippen LogP contribution < -0.4 is 15.7 Å². The zero-order valence-electron chi connectivity index (χ0n) is 17.3. The van der Waals surface area contributed by atoms with Crippen molar-refractivity contribution < 1.29 is 4.43 Å². The van der Waals surface area contributed by atoms with E-state index in [0.29, 0.717) is 6.61 Å². The lowest BCUT2D eigenvalue weighted by Crippen LogP contribution is -2.66. The zero-order chi connectivity index (χ0) is 20.0. The Morgan fingerprint density at radius 2 is 1.46 bits per heavy atom. The van der Waals surface area contributed by atoms with Gasteiger partial charge in [0.25, 0.3) is 8.32 Å². The predicted octanol–water partition coefficient (Wildman–Crippen LogP) is 3.88. The maximum Gasteiger partial charge on any atom is 0.261 e. The summed E-state index contributed by atoms with van der Waals surface area (Å²) in [7, 11) is -0.566. The van der Waals surface area contributed by atoms with E-state index in [9.17, 15) is 0 Å². The van der Waals surface area contributed by atoms with Gasteiger partial charge in [0.15, 0.2) is 0 Å². The Morgan fingerprint density at radius 1 is 0.893 bits per heavy atom. The van der Waals surface area contributed by atoms with Crippen molar-refractivity contribution in [1.29, 1.82) is 0 Å². The van der Waals surface area contributed by atoms with Crippen LogP contribution in [0.25, 0.3) is 0 Å². The van der Waals surface area contributed by atoms with Crippen LogP contribution in [0.2, 0.25) is 5.04 Å². The van der Waals surface area contributed by atoms with Crippen LogP contribution in [0, 0.1) is 0 Å². The van der Waals surface area contributed by atoms with Gasteiger partial charge in [-0.25, -0.2) is 0 Å². The van der Waals surface area contributed by atoms with E-state index in [1.807, 2.05) is 19.3 Å². The number of nitrogens with zero attached hydrogens (tertiary/aromatic N) is 1. The lowest BCUT2D eigenvalue weighted by Gasteiger charge is -2.43. The number of nitrogens with one attached hydrogen (secondary N) is 1. The summed E-state index contributed by atoms with van der Waals surface area (Å²) in [6, 6.07) is 25.6. The molecule has 0 saturated heterocycles. The monoisotopic (exact) mass is 390 g/mol. The average Bonchev–Trinajstić information content (AvgIpc) is 2.70. The van der Waals surface area contributed by atoms with Gasteiger partial charge < -0.3 is 9.74 Å². The highest BCUT2D eigenvalue weighted by Gasteiger charge is 2.50. The van der Waals surface area contributed by atoms with Gasteiger partial charge in [0.05, 0.1) is 12.3 Å². The summed E-state index contributed by atoms with van der Waals surface area (Å²) in [6.07, 6.45) is 1.87. The molecule has 146 valence electrons. The summed E-state index contributed by atoms with van der Waals surface area (Å²) >= 11 is 0. The molecule has 0 atom stereocenters. The fourth-order valence-electron chi connectivity index (χ4n) is 3.86. The Morgan fingerprint density at radius 3 is 1.96 bits per heavy atom. The number of aromatic nitrogens is 1. The largest absolute Gasteiger partial charge is 0.402 e. The highest BCUT2D eigenvalue weighted by Crippen LogP contribution is 2.37. The van der Waals surface area contributed by atoms with E-state index in [-0.39, 0.29) is 5.04 Å². The predicted molar refractivity (Wildman–Crippen MR) is 119 cm³/mol. The number of hydrogen-bond donors (Lipinski definition) is 1. The van der Waals surface area contributed by atoms with Crippen molar-refractivity contribution in [3.8, 4) is 0 Å². The second-order valence-electron chi connectivity index (χ2n) is 8.14. The van der Waals surface area contributed by atoms with Gasteiger partial charge in [-0.1, -0.05) is 81.4 Å². The number of rotatable bonds is 7. The van der Waals surface area contributed by atoms with Crippen molar-refractivity contribution in [3.05, 3.63) is 90.3 Å². The zero-order valence-corrected chi connectivity index (χ0v) is 18.3. The highest BCUT2D eigenvalue weighted by atomic mass is 28.4. The minimum absolute atomic E-state index is 0.0295. The van der Waals surface area contributed by atoms with E-state index in [2.05, 4.69) is 97.8 Å². The fraction of sp³-hybridized carbons (Fsp3) is 0.292. The summed E-state index contributed by atoms with van der Waals surface area (Å²) in [6.45, 7) is 8.22. The van der Waals surface area contributed by atoms with E-state index < -0.39 is 8.32 Å². The highest BCUT2D eigenvalue weighted by molar-refractivity contribution is 6.99. The topological polar surface area (TPSA) is 34.2 Å². The molecule has 28 heavy (non-hydrogen) atoms. The fourth-order valence-corrected chi connectivity index (χ4v) is 8.38. The first-order chi connectivity index (χ1) is 13.5. The summed E-state index contributed by atoms with van der Waals surface area (Å²) in [5.41, 5.74) is 2.19. The second kappa shape index (κ2) is 8.82. The van der Waals surface area contributed by atoms with Crippen LogP contribution >= 0.6 is 0 Å². The Hall–Kier alpha value is -2.27. The molecule has 4 heteroatoms. The smallest absolute Gasteiger partial charge is 0.261 e. The summed E-state index contributed by atoms with van der Waals surface area (Å²) in [4.78, 5) is 4.56. The Labute approximate surface area is 169 Å². The third-order valence-electron chi connectivity index (χ3n) is 5.12. The molecule has 3 rings (SSSR count). The molecule has 0 aliphatic heterocycles. The molecule has 3 nitrogen and oxygen atoms in total. The van der Waals surface area contributed by atoms with Gasteiger partial charge in [-0.2, -0.15) is 0 Å². The minimum atomic E-state index is -2.52. The van der Waals surface area contributed by atoms with Crippen LogP contribution in [0.1, 0.15) is 32.0 Å². The minimum Gasteiger partial charge on any atom is -0.402 e. The van der Waals surface area contributed by atoms with Crippen molar-refractivity contribution in [2.75, 3.05) is 7.05 Å². The van der Waals surface area contributed by atoms with Crippen molar-refractivity contribution in [2.45, 2.75) is 39.0 Å². The molecule has 0 fully saturated rings. The molecular weight excluding hydrogens is 360 g/mol. The third-order valence-corrected chi connectivity index (χ3v) is 10.1. The van der Waals surface area contributed by atoms with Gasteiger partial charge in [-0.3, -0.25) is 4.98 Å². The van der Waals surface area contributed by atoms with Crippen LogP contribution in [0.5, 0.6) is 0 Å². The van der Waals surface area contributed by atoms with E-state index in [1.54, 1.807) is 0 Å². The molecule has 1 N–H and O–H groups in total. The first-order valence-electron chi connectivity index (χ1n) is 9.81. The van der Waals surface area contributed by atoms with E-state index >= 15 is 0 Å². The molecule has 0 radical (unpaired) electrons. The van der Waals surface area contributed by atoms with Gasteiger partial charge in [-0.05, 0) is 40.2 Å². The Kier molecular flexibility index (Phi) is 6.45. The summed E-state index contributed by atoms with van der Waals surface area (Å²) < 4.78 is 6.94. The van der Waals surface area contributed by atoms with Gasteiger partial charge >= 0.3 is 0 Å². The van der Waals surface area contributed by atoms with Gasteiger partial charge in [0.2, 0.25) is 0 Å².